The number of nitrogens with zero attached hydrogens (tertiary/aromatic N) is 3. The van der Waals surface area contributed by atoms with Crippen LogP contribution in [0.5, 0.6) is 0 Å². The Bertz CT molecular complexity index is 729. The van der Waals surface area contributed by atoms with Crippen molar-refractivity contribution in [1.82, 2.24) is 25.5 Å². The number of anilines is 2. The minimum Gasteiger partial charge on any atom is -0.446 e. The molecule has 1 saturated carbocycles. The van der Waals surface area contributed by atoms with Gasteiger partial charge < -0.3 is 15.4 Å². The van der Waals surface area contributed by atoms with E-state index in [2.05, 4.69) is 30.8 Å². The molecule has 3 N–H and O–H groups in total. The van der Waals surface area contributed by atoms with E-state index in [0.29, 0.717) is 17.6 Å². The summed E-state index contributed by atoms with van der Waals surface area (Å²) in [6.45, 7) is 5.67. The maximum Gasteiger partial charge on any atom is 0.407 e. The van der Waals surface area contributed by atoms with Crippen LogP contribution in [0.15, 0.2) is 18.3 Å². The summed E-state index contributed by atoms with van der Waals surface area (Å²) in [5, 5.41) is 13.3. The molecule has 2 heterocycles. The Labute approximate surface area is 146 Å². The molecule has 2 aromatic heterocycles. The van der Waals surface area contributed by atoms with Crippen molar-refractivity contribution >= 4 is 17.7 Å². The second kappa shape index (κ2) is 7.50. The fourth-order valence-corrected chi connectivity index (χ4v) is 3.02. The molecule has 0 aliphatic heterocycles. The van der Waals surface area contributed by atoms with E-state index in [0.717, 1.165) is 30.8 Å². The molecule has 0 bridgehead atoms. The van der Waals surface area contributed by atoms with Gasteiger partial charge in [0, 0.05) is 29.9 Å². The van der Waals surface area contributed by atoms with Crippen molar-refractivity contribution in [2.75, 3.05) is 5.32 Å². The summed E-state index contributed by atoms with van der Waals surface area (Å²) in [4.78, 5) is 20.1. The highest BCUT2D eigenvalue weighted by Crippen LogP contribution is 2.36. The topological polar surface area (TPSA) is 105 Å². The third-order valence-electron chi connectivity index (χ3n) is 4.13. The molecule has 25 heavy (non-hydrogen) atoms. The molecule has 2 atom stereocenters. The molecule has 1 aliphatic carbocycles. The van der Waals surface area contributed by atoms with Gasteiger partial charge in [-0.2, -0.15) is 5.10 Å². The van der Waals surface area contributed by atoms with Gasteiger partial charge in [0.25, 0.3) is 0 Å². The second-order valence-electron chi connectivity index (χ2n) is 6.66. The minimum absolute atomic E-state index is 0.0482. The summed E-state index contributed by atoms with van der Waals surface area (Å²) in [5.41, 5.74) is 1.05. The van der Waals surface area contributed by atoms with Crippen LogP contribution in [0, 0.1) is 6.92 Å². The van der Waals surface area contributed by atoms with Crippen molar-refractivity contribution in [1.29, 1.82) is 0 Å². The SMILES string of the molecule is Cc1nccc(Nc2cc([C@H]3CC[C@@H](OC(=O)NC(C)C)C3)[nH]n2)n1. The molecule has 8 nitrogen and oxygen atoms in total. The number of aryl methyl sites for hydroxylation is 1. The largest absolute Gasteiger partial charge is 0.446 e. The Morgan fingerprint density at radius 2 is 2.20 bits per heavy atom. The Balaban J connectivity index is 1.55. The Kier molecular flexibility index (Phi) is 5.16. The molecule has 8 heteroatoms. The van der Waals surface area contributed by atoms with Crippen LogP contribution >= 0.6 is 0 Å². The predicted octanol–water partition coefficient (Wildman–Crippen LogP) is 3.02. The van der Waals surface area contributed by atoms with Gasteiger partial charge >= 0.3 is 6.09 Å². The number of carbonyl (C=O) groups excluding carboxylic acids is 1. The lowest BCUT2D eigenvalue weighted by Gasteiger charge is -2.14. The van der Waals surface area contributed by atoms with Gasteiger partial charge in [0.05, 0.1) is 0 Å². The van der Waals surface area contributed by atoms with Crippen LogP contribution in [0.4, 0.5) is 16.4 Å². The van der Waals surface area contributed by atoms with Crippen LogP contribution in [0.1, 0.15) is 50.5 Å². The smallest absolute Gasteiger partial charge is 0.407 e. The lowest BCUT2D eigenvalue weighted by atomic mass is 10.0. The van der Waals surface area contributed by atoms with Gasteiger partial charge in [-0.05, 0) is 46.1 Å². The lowest BCUT2D eigenvalue weighted by Crippen LogP contribution is -2.33. The van der Waals surface area contributed by atoms with Crippen LogP contribution < -0.4 is 10.6 Å². The maximum absolute atomic E-state index is 11.7. The highest BCUT2D eigenvalue weighted by Gasteiger charge is 2.30. The summed E-state index contributed by atoms with van der Waals surface area (Å²) in [6.07, 6.45) is 3.95. The van der Waals surface area contributed by atoms with E-state index in [9.17, 15) is 4.79 Å². The van der Waals surface area contributed by atoms with Crippen molar-refractivity contribution in [2.24, 2.45) is 0 Å². The summed E-state index contributed by atoms with van der Waals surface area (Å²) < 4.78 is 5.47. The number of nitrogens with one attached hydrogen (secondary N) is 3. The first kappa shape index (κ1) is 17.2. The monoisotopic (exact) mass is 344 g/mol. The fraction of sp³-hybridized carbons (Fsp3) is 0.529. The van der Waals surface area contributed by atoms with Gasteiger partial charge in [0.1, 0.15) is 17.7 Å². The predicted molar refractivity (Wildman–Crippen MR) is 93.8 cm³/mol. The average molecular weight is 344 g/mol. The molecule has 0 spiro atoms. The zero-order valence-electron chi connectivity index (χ0n) is 14.7. The average Bonchev–Trinajstić information content (AvgIpc) is 3.15. The lowest BCUT2D eigenvalue weighted by molar-refractivity contribution is 0.0981. The molecule has 3 rings (SSSR count). The number of aromatic amines is 1. The molecule has 0 radical (unpaired) electrons. The number of amides is 1. The van der Waals surface area contributed by atoms with Gasteiger partial charge in [0.2, 0.25) is 0 Å². The molecular formula is C17H24N6O2. The van der Waals surface area contributed by atoms with Crippen LogP contribution in [-0.2, 0) is 4.74 Å². The van der Waals surface area contributed by atoms with Crippen molar-refractivity contribution in [2.45, 2.75) is 58.1 Å². The van der Waals surface area contributed by atoms with Gasteiger partial charge in [-0.3, -0.25) is 5.10 Å². The van der Waals surface area contributed by atoms with E-state index in [-0.39, 0.29) is 18.2 Å². The number of ether oxygens (including phenoxy) is 1. The Hall–Kier alpha value is -2.64. The first-order valence-electron chi connectivity index (χ1n) is 8.58. The highest BCUT2D eigenvalue weighted by atomic mass is 16.6. The Morgan fingerprint density at radius 1 is 1.36 bits per heavy atom. The van der Waals surface area contributed by atoms with Crippen molar-refractivity contribution in [3.05, 3.63) is 29.8 Å². The normalized spacial score (nSPS) is 19.8. The van der Waals surface area contributed by atoms with E-state index in [1.165, 1.54) is 0 Å². The van der Waals surface area contributed by atoms with E-state index in [4.69, 9.17) is 4.74 Å². The van der Waals surface area contributed by atoms with E-state index >= 15 is 0 Å². The summed E-state index contributed by atoms with van der Waals surface area (Å²) in [7, 11) is 0. The molecule has 0 saturated heterocycles. The van der Waals surface area contributed by atoms with Gasteiger partial charge in [-0.25, -0.2) is 14.8 Å². The number of hydrogen-bond donors (Lipinski definition) is 3. The first-order valence-corrected chi connectivity index (χ1v) is 8.58. The second-order valence-corrected chi connectivity index (χ2v) is 6.66. The highest BCUT2D eigenvalue weighted by molar-refractivity contribution is 5.67. The van der Waals surface area contributed by atoms with Crippen molar-refractivity contribution in [3.63, 3.8) is 0 Å². The summed E-state index contributed by atoms with van der Waals surface area (Å²) in [5.74, 6) is 2.45. The molecule has 1 aliphatic rings. The third kappa shape index (κ3) is 4.68. The van der Waals surface area contributed by atoms with E-state index in [1.54, 1.807) is 12.3 Å². The number of carbonyl (C=O) groups is 1. The van der Waals surface area contributed by atoms with Crippen molar-refractivity contribution in [3.8, 4) is 0 Å². The van der Waals surface area contributed by atoms with Crippen LogP contribution in [0.25, 0.3) is 0 Å². The molecule has 1 fully saturated rings. The number of hydrogen-bond acceptors (Lipinski definition) is 6. The van der Waals surface area contributed by atoms with Gasteiger partial charge in [-0.1, -0.05) is 0 Å². The molecule has 2 aromatic rings. The maximum atomic E-state index is 11.7. The van der Waals surface area contributed by atoms with Gasteiger partial charge in [0.15, 0.2) is 5.82 Å². The van der Waals surface area contributed by atoms with Crippen LogP contribution in [-0.4, -0.2) is 38.4 Å². The first-order chi connectivity index (χ1) is 12.0. The van der Waals surface area contributed by atoms with Crippen molar-refractivity contribution < 1.29 is 9.53 Å². The minimum atomic E-state index is -0.341. The number of alkyl carbamates (subject to hydrolysis) is 1. The molecular weight excluding hydrogens is 320 g/mol. The molecule has 0 unspecified atom stereocenters. The zero-order valence-corrected chi connectivity index (χ0v) is 14.7. The molecule has 1 amide bonds. The van der Waals surface area contributed by atoms with E-state index < -0.39 is 0 Å². The van der Waals surface area contributed by atoms with Crippen LogP contribution in [0.2, 0.25) is 0 Å². The summed E-state index contributed by atoms with van der Waals surface area (Å²) in [6, 6.07) is 3.86. The Morgan fingerprint density at radius 3 is 2.96 bits per heavy atom. The van der Waals surface area contributed by atoms with E-state index in [1.807, 2.05) is 26.8 Å². The van der Waals surface area contributed by atoms with Crippen LogP contribution in [0.3, 0.4) is 0 Å². The number of H-pyrrole nitrogens is 1. The third-order valence-corrected chi connectivity index (χ3v) is 4.13. The summed E-state index contributed by atoms with van der Waals surface area (Å²) >= 11 is 0. The van der Waals surface area contributed by atoms with Gasteiger partial charge in [-0.15, -0.1) is 0 Å². The molecule has 134 valence electrons. The quantitative estimate of drug-likeness (QED) is 0.770. The zero-order chi connectivity index (χ0) is 17.8. The number of rotatable bonds is 5. The standard InChI is InChI=1S/C17H24N6O2/c1-10(2)19-17(24)25-13-5-4-12(8-13)14-9-16(23-22-14)21-15-6-7-18-11(3)20-15/h6-7,9-10,12-13H,4-5,8H2,1-3H3,(H,19,24)(H2,18,20,21,22,23)/t12-,13+/m0/s1. The number of aromatic nitrogens is 4. The molecule has 0 aromatic carbocycles. The fourth-order valence-electron chi connectivity index (χ4n) is 3.02.